The van der Waals surface area contributed by atoms with Crippen LogP contribution >= 0.6 is 0 Å². The fourth-order valence-electron chi connectivity index (χ4n) is 3.07. The topological polar surface area (TPSA) is 93.1 Å². The van der Waals surface area contributed by atoms with Crippen molar-refractivity contribution in [2.24, 2.45) is 0 Å². The van der Waals surface area contributed by atoms with Crippen LogP contribution in [0.15, 0.2) is 42.5 Å². The number of amides is 2. The molecule has 1 heterocycles. The minimum absolute atomic E-state index is 0.272. The van der Waals surface area contributed by atoms with Gasteiger partial charge in [0.1, 0.15) is 0 Å². The van der Waals surface area contributed by atoms with Gasteiger partial charge >= 0.3 is 5.97 Å². The van der Waals surface area contributed by atoms with Crippen LogP contribution in [0.4, 0.5) is 0 Å². The molecule has 0 aromatic heterocycles. The molecule has 0 fully saturated rings. The van der Waals surface area contributed by atoms with Gasteiger partial charge in [-0.2, -0.15) is 0 Å². The molecule has 0 aliphatic carbocycles. The standard InChI is InChI=1S/C19H17NO6/c1-25-15-8-7-11(9-16(15)26-2)14(10-17(21)22)20-18(23)12-5-3-4-6-13(12)19(20)24/h3-9,14H,10H2,1-2H3,(H,21,22)/t14-/m0/s1. The lowest BCUT2D eigenvalue weighted by Crippen LogP contribution is -2.35. The Kier molecular flexibility index (Phi) is 4.62. The average molecular weight is 355 g/mol. The number of ether oxygens (including phenoxy) is 2. The molecule has 0 spiro atoms. The summed E-state index contributed by atoms with van der Waals surface area (Å²) in [5.41, 5.74) is 1.02. The molecule has 1 N–H and O–H groups in total. The third kappa shape index (κ3) is 2.88. The van der Waals surface area contributed by atoms with Crippen molar-refractivity contribution in [3.05, 3.63) is 59.2 Å². The van der Waals surface area contributed by atoms with Gasteiger partial charge in [-0.15, -0.1) is 0 Å². The molecule has 0 saturated heterocycles. The number of carboxylic acids is 1. The van der Waals surface area contributed by atoms with Gasteiger partial charge in [0.05, 0.1) is 37.8 Å². The van der Waals surface area contributed by atoms with Crippen molar-refractivity contribution in [2.45, 2.75) is 12.5 Å². The van der Waals surface area contributed by atoms with Crippen molar-refractivity contribution in [1.29, 1.82) is 0 Å². The van der Waals surface area contributed by atoms with Crippen LogP contribution in [0.25, 0.3) is 0 Å². The second-order valence-corrected chi connectivity index (χ2v) is 5.75. The van der Waals surface area contributed by atoms with E-state index in [2.05, 4.69) is 0 Å². The maximum absolute atomic E-state index is 12.7. The second kappa shape index (κ2) is 6.87. The zero-order valence-corrected chi connectivity index (χ0v) is 14.3. The van der Waals surface area contributed by atoms with Crippen LogP contribution in [-0.4, -0.2) is 42.0 Å². The average Bonchev–Trinajstić information content (AvgIpc) is 2.90. The number of fused-ring (bicyclic) bond motifs is 1. The zero-order chi connectivity index (χ0) is 18.8. The molecule has 0 bridgehead atoms. The van der Waals surface area contributed by atoms with Crippen LogP contribution in [0.3, 0.4) is 0 Å². The largest absolute Gasteiger partial charge is 0.493 e. The number of hydrogen-bond donors (Lipinski definition) is 1. The first kappa shape index (κ1) is 17.5. The molecule has 1 aliphatic heterocycles. The van der Waals surface area contributed by atoms with E-state index in [1.54, 1.807) is 42.5 Å². The Balaban J connectivity index is 2.07. The van der Waals surface area contributed by atoms with Crippen molar-refractivity contribution in [1.82, 2.24) is 4.90 Å². The van der Waals surface area contributed by atoms with E-state index in [0.29, 0.717) is 17.1 Å². The van der Waals surface area contributed by atoms with Crippen molar-refractivity contribution < 1.29 is 29.0 Å². The first-order valence-electron chi connectivity index (χ1n) is 7.88. The first-order chi connectivity index (χ1) is 12.5. The number of aliphatic carboxylic acids is 1. The maximum atomic E-state index is 12.7. The number of hydrogen-bond acceptors (Lipinski definition) is 5. The molecule has 3 rings (SSSR count). The molecular weight excluding hydrogens is 338 g/mol. The molecule has 2 aromatic carbocycles. The van der Waals surface area contributed by atoms with E-state index in [4.69, 9.17) is 9.47 Å². The quantitative estimate of drug-likeness (QED) is 0.801. The van der Waals surface area contributed by atoms with Crippen LogP contribution in [-0.2, 0) is 4.79 Å². The molecule has 7 nitrogen and oxygen atoms in total. The Morgan fingerprint density at radius 2 is 1.58 bits per heavy atom. The highest BCUT2D eigenvalue weighted by Crippen LogP contribution is 2.37. The number of methoxy groups -OCH3 is 2. The molecule has 2 aromatic rings. The normalized spacial score (nSPS) is 14.2. The van der Waals surface area contributed by atoms with Crippen LogP contribution < -0.4 is 9.47 Å². The number of nitrogens with zero attached hydrogens (tertiary/aromatic N) is 1. The summed E-state index contributed by atoms with van der Waals surface area (Å²) in [6.45, 7) is 0. The number of carboxylic acid groups (broad SMARTS) is 1. The number of benzene rings is 2. The van der Waals surface area contributed by atoms with E-state index in [1.165, 1.54) is 14.2 Å². The molecule has 7 heteroatoms. The Bertz CT molecular complexity index is 856. The highest BCUT2D eigenvalue weighted by molar-refractivity contribution is 6.21. The van der Waals surface area contributed by atoms with Gasteiger partial charge in [0.15, 0.2) is 11.5 Å². The molecule has 26 heavy (non-hydrogen) atoms. The van der Waals surface area contributed by atoms with Crippen molar-refractivity contribution >= 4 is 17.8 Å². The van der Waals surface area contributed by atoms with Gasteiger partial charge in [-0.3, -0.25) is 19.3 Å². The predicted octanol–water partition coefficient (Wildman–Crippen LogP) is 2.52. The van der Waals surface area contributed by atoms with E-state index in [9.17, 15) is 19.5 Å². The third-order valence-corrected chi connectivity index (χ3v) is 4.30. The minimum atomic E-state index is -1.12. The Hall–Kier alpha value is -3.35. The monoisotopic (exact) mass is 355 g/mol. The fourth-order valence-corrected chi connectivity index (χ4v) is 3.07. The van der Waals surface area contributed by atoms with Gasteiger partial charge in [0.25, 0.3) is 11.8 Å². The Morgan fingerprint density at radius 3 is 2.08 bits per heavy atom. The fraction of sp³-hybridized carbons (Fsp3) is 0.211. The lowest BCUT2D eigenvalue weighted by Gasteiger charge is -2.26. The molecule has 1 atom stereocenters. The highest BCUT2D eigenvalue weighted by atomic mass is 16.5. The first-order valence-corrected chi connectivity index (χ1v) is 7.88. The number of carbonyl (C=O) groups is 3. The van der Waals surface area contributed by atoms with Crippen LogP contribution in [0.5, 0.6) is 11.5 Å². The number of rotatable bonds is 6. The molecule has 0 radical (unpaired) electrons. The van der Waals surface area contributed by atoms with Gasteiger partial charge in [0.2, 0.25) is 0 Å². The van der Waals surface area contributed by atoms with Gasteiger partial charge in [-0.05, 0) is 29.8 Å². The van der Waals surface area contributed by atoms with Gasteiger partial charge < -0.3 is 14.6 Å². The number of carbonyl (C=O) groups excluding carboxylic acids is 2. The van der Waals surface area contributed by atoms with E-state index in [1.807, 2.05) is 0 Å². The number of imide groups is 1. The third-order valence-electron chi connectivity index (χ3n) is 4.30. The molecule has 0 saturated carbocycles. The highest BCUT2D eigenvalue weighted by Gasteiger charge is 2.41. The van der Waals surface area contributed by atoms with Gasteiger partial charge in [-0.1, -0.05) is 18.2 Å². The second-order valence-electron chi connectivity index (χ2n) is 5.75. The zero-order valence-electron chi connectivity index (χ0n) is 14.3. The summed E-state index contributed by atoms with van der Waals surface area (Å²) in [7, 11) is 2.94. The minimum Gasteiger partial charge on any atom is -0.493 e. The molecule has 134 valence electrons. The molecule has 1 aliphatic rings. The summed E-state index contributed by atoms with van der Waals surface area (Å²) in [4.78, 5) is 37.9. The summed E-state index contributed by atoms with van der Waals surface area (Å²) in [5, 5.41) is 9.32. The summed E-state index contributed by atoms with van der Waals surface area (Å²) in [6, 6.07) is 10.3. The Labute approximate surface area is 149 Å². The predicted molar refractivity (Wildman–Crippen MR) is 91.5 cm³/mol. The summed E-state index contributed by atoms with van der Waals surface area (Å²) in [6.07, 6.45) is -0.416. The molecule has 2 amide bonds. The van der Waals surface area contributed by atoms with Crippen LogP contribution in [0, 0.1) is 0 Å². The Morgan fingerprint density at radius 1 is 1.00 bits per heavy atom. The summed E-state index contributed by atoms with van der Waals surface area (Å²) >= 11 is 0. The van der Waals surface area contributed by atoms with Gasteiger partial charge in [-0.25, -0.2) is 0 Å². The lowest BCUT2D eigenvalue weighted by atomic mass is 10.0. The lowest BCUT2D eigenvalue weighted by molar-refractivity contribution is -0.138. The van der Waals surface area contributed by atoms with Crippen molar-refractivity contribution in [3.63, 3.8) is 0 Å². The van der Waals surface area contributed by atoms with Crippen molar-refractivity contribution in [2.75, 3.05) is 14.2 Å². The van der Waals surface area contributed by atoms with Crippen LogP contribution in [0.2, 0.25) is 0 Å². The van der Waals surface area contributed by atoms with E-state index >= 15 is 0 Å². The van der Waals surface area contributed by atoms with Gasteiger partial charge in [0, 0.05) is 0 Å². The van der Waals surface area contributed by atoms with Crippen molar-refractivity contribution in [3.8, 4) is 11.5 Å². The molecule has 0 unspecified atom stereocenters. The maximum Gasteiger partial charge on any atom is 0.305 e. The smallest absolute Gasteiger partial charge is 0.305 e. The SMILES string of the molecule is COc1ccc([C@H](CC(=O)O)N2C(=O)c3ccccc3C2=O)cc1OC. The van der Waals surface area contributed by atoms with E-state index in [-0.39, 0.29) is 11.1 Å². The summed E-state index contributed by atoms with van der Waals surface area (Å²) in [5.74, 6) is -1.29. The summed E-state index contributed by atoms with van der Waals surface area (Å²) < 4.78 is 10.4. The van der Waals surface area contributed by atoms with E-state index in [0.717, 1.165) is 4.90 Å². The van der Waals surface area contributed by atoms with E-state index < -0.39 is 30.2 Å². The molecular formula is C19H17NO6. The van der Waals surface area contributed by atoms with Crippen LogP contribution in [0.1, 0.15) is 38.7 Å².